The minimum absolute atomic E-state index is 0.402. The molecule has 0 aliphatic carbocycles. The summed E-state index contributed by atoms with van der Waals surface area (Å²) in [6.45, 7) is -3.20. The molecular formula is C7H3F5NO. The third-order valence-electron chi connectivity index (χ3n) is 1.21. The molecule has 1 heterocycles. The number of halogens is 5. The average molecular weight is 212 g/mol. The van der Waals surface area contributed by atoms with Gasteiger partial charge in [0.15, 0.2) is 5.75 Å². The van der Waals surface area contributed by atoms with Gasteiger partial charge in [-0.15, -0.1) is 0 Å². The van der Waals surface area contributed by atoms with E-state index in [1.54, 1.807) is 0 Å². The van der Waals surface area contributed by atoms with Crippen LogP contribution in [0.4, 0.5) is 22.0 Å². The molecule has 7 heteroatoms. The minimum atomic E-state index is -4.64. The van der Waals surface area contributed by atoms with Crippen LogP contribution in [0.5, 0.6) is 5.75 Å². The van der Waals surface area contributed by atoms with Crippen molar-refractivity contribution in [3.05, 3.63) is 24.0 Å². The van der Waals surface area contributed by atoms with Gasteiger partial charge in [0.25, 0.3) is 0 Å². The van der Waals surface area contributed by atoms with Crippen molar-refractivity contribution in [2.45, 2.75) is 12.8 Å². The lowest BCUT2D eigenvalue weighted by molar-refractivity contribution is -0.138. The van der Waals surface area contributed by atoms with E-state index in [0.29, 0.717) is 12.3 Å². The van der Waals surface area contributed by atoms with Gasteiger partial charge in [-0.1, -0.05) is 0 Å². The molecule has 1 aromatic heterocycles. The molecule has 0 aliphatic rings. The van der Waals surface area contributed by atoms with Crippen LogP contribution in [-0.2, 0) is 6.18 Å². The summed E-state index contributed by atoms with van der Waals surface area (Å²) < 4.78 is 62.9. The summed E-state index contributed by atoms with van der Waals surface area (Å²) in [7, 11) is 0. The molecule has 0 aromatic carbocycles. The molecule has 0 bridgehead atoms. The molecule has 1 aromatic rings. The van der Waals surface area contributed by atoms with Gasteiger partial charge >= 0.3 is 12.8 Å². The summed E-state index contributed by atoms with van der Waals surface area (Å²) in [5, 5.41) is 0. The van der Waals surface area contributed by atoms with E-state index in [4.69, 9.17) is 0 Å². The van der Waals surface area contributed by atoms with Crippen LogP contribution in [0.15, 0.2) is 12.3 Å². The Morgan fingerprint density at radius 2 is 2.00 bits per heavy atom. The quantitative estimate of drug-likeness (QED) is 0.702. The normalized spacial score (nSPS) is 11.9. The number of pyridine rings is 1. The van der Waals surface area contributed by atoms with Gasteiger partial charge in [0.1, 0.15) is 6.20 Å². The monoisotopic (exact) mass is 212 g/mol. The van der Waals surface area contributed by atoms with Crippen molar-refractivity contribution < 1.29 is 26.7 Å². The van der Waals surface area contributed by atoms with Crippen molar-refractivity contribution in [1.29, 1.82) is 0 Å². The predicted molar refractivity (Wildman–Crippen MR) is 34.7 cm³/mol. The zero-order chi connectivity index (χ0) is 10.8. The van der Waals surface area contributed by atoms with Gasteiger partial charge in [-0.05, 0) is 6.07 Å². The lowest BCUT2D eigenvalue weighted by atomic mass is 10.3. The fourth-order valence-electron chi connectivity index (χ4n) is 0.688. The van der Waals surface area contributed by atoms with Crippen LogP contribution < -0.4 is 4.74 Å². The Kier molecular flexibility index (Phi) is 2.87. The van der Waals surface area contributed by atoms with Crippen LogP contribution in [0.3, 0.4) is 0 Å². The molecule has 0 unspecified atom stereocenters. The second-order valence-electron chi connectivity index (χ2n) is 2.21. The van der Waals surface area contributed by atoms with Crippen molar-refractivity contribution in [3.8, 4) is 5.75 Å². The van der Waals surface area contributed by atoms with Crippen molar-refractivity contribution in [1.82, 2.24) is 4.98 Å². The van der Waals surface area contributed by atoms with E-state index in [0.717, 1.165) is 0 Å². The van der Waals surface area contributed by atoms with Crippen molar-refractivity contribution in [3.63, 3.8) is 0 Å². The molecule has 1 rings (SSSR count). The largest absolute Gasteiger partial charge is 0.432 e. The number of ether oxygens (including phenoxy) is 1. The number of hydrogen-bond donors (Lipinski definition) is 0. The highest BCUT2D eigenvalue weighted by Gasteiger charge is 2.31. The second-order valence-corrected chi connectivity index (χ2v) is 2.21. The van der Waals surface area contributed by atoms with Crippen LogP contribution in [0, 0.1) is 6.20 Å². The van der Waals surface area contributed by atoms with E-state index in [2.05, 4.69) is 9.72 Å². The van der Waals surface area contributed by atoms with Gasteiger partial charge < -0.3 is 4.74 Å². The first-order valence-corrected chi connectivity index (χ1v) is 3.29. The lowest BCUT2D eigenvalue weighted by Gasteiger charge is -2.07. The Hall–Kier alpha value is -1.40. The number of rotatable bonds is 2. The molecular weight excluding hydrogens is 209 g/mol. The molecule has 2 nitrogen and oxygen atoms in total. The third kappa shape index (κ3) is 2.82. The smallest absolute Gasteiger partial charge is 0.418 e. The van der Waals surface area contributed by atoms with Crippen LogP contribution in [-0.4, -0.2) is 11.6 Å². The van der Waals surface area contributed by atoms with E-state index in [9.17, 15) is 22.0 Å². The Bertz CT molecular complexity index is 311. The summed E-state index contributed by atoms with van der Waals surface area (Å²) in [5.74, 6) is -0.741. The fourth-order valence-corrected chi connectivity index (χ4v) is 0.688. The van der Waals surface area contributed by atoms with E-state index < -0.39 is 24.1 Å². The Morgan fingerprint density at radius 3 is 2.50 bits per heavy atom. The van der Waals surface area contributed by atoms with Crippen molar-refractivity contribution in [2.75, 3.05) is 0 Å². The molecule has 14 heavy (non-hydrogen) atoms. The summed E-state index contributed by atoms with van der Waals surface area (Å²) >= 11 is 0. The molecule has 0 N–H and O–H groups in total. The standard InChI is InChI=1S/C7H3F5NO/c8-6(9)14-5-1-4(2-13-3-5)7(10,11)12/h1-2,6H. The molecule has 0 fully saturated rings. The van der Waals surface area contributed by atoms with Gasteiger partial charge in [0, 0.05) is 6.20 Å². The van der Waals surface area contributed by atoms with Crippen LogP contribution in [0.2, 0.25) is 0 Å². The Balaban J connectivity index is 2.90. The predicted octanol–water partition coefficient (Wildman–Crippen LogP) is 2.50. The van der Waals surface area contributed by atoms with Crippen LogP contribution in [0.1, 0.15) is 5.56 Å². The average Bonchev–Trinajstić information content (AvgIpc) is 2.01. The zero-order valence-corrected chi connectivity index (χ0v) is 6.48. The highest BCUT2D eigenvalue weighted by Crippen LogP contribution is 2.30. The molecule has 0 atom stereocenters. The summed E-state index contributed by atoms with van der Waals surface area (Å²) in [6.07, 6.45) is -2.31. The number of alkyl halides is 5. The molecule has 0 amide bonds. The van der Waals surface area contributed by atoms with Gasteiger partial charge in [-0.25, -0.2) is 4.98 Å². The van der Waals surface area contributed by atoms with Gasteiger partial charge in [0.05, 0.1) is 5.56 Å². The van der Waals surface area contributed by atoms with E-state index in [1.165, 1.54) is 0 Å². The number of hydrogen-bond acceptors (Lipinski definition) is 2. The van der Waals surface area contributed by atoms with Gasteiger partial charge in [-0.3, -0.25) is 0 Å². The van der Waals surface area contributed by atoms with Crippen molar-refractivity contribution in [2.24, 2.45) is 0 Å². The maximum atomic E-state index is 12.0. The summed E-state index contributed by atoms with van der Waals surface area (Å²) in [4.78, 5) is 3.00. The zero-order valence-electron chi connectivity index (χ0n) is 6.48. The maximum Gasteiger partial charge on any atom is 0.418 e. The molecule has 1 radical (unpaired) electrons. The topological polar surface area (TPSA) is 22.1 Å². The van der Waals surface area contributed by atoms with E-state index in [-0.39, 0.29) is 0 Å². The molecule has 77 valence electrons. The highest BCUT2D eigenvalue weighted by molar-refractivity contribution is 5.24. The number of nitrogens with zero attached hydrogens (tertiary/aromatic N) is 1. The van der Waals surface area contributed by atoms with Gasteiger partial charge in [-0.2, -0.15) is 22.0 Å². The van der Waals surface area contributed by atoms with Gasteiger partial charge in [0.2, 0.25) is 0 Å². The second kappa shape index (κ2) is 3.77. The molecule has 0 saturated heterocycles. The summed E-state index contributed by atoms with van der Waals surface area (Å²) in [6, 6.07) is 0.402. The highest BCUT2D eigenvalue weighted by atomic mass is 19.4. The lowest BCUT2D eigenvalue weighted by Crippen LogP contribution is -2.08. The van der Waals surface area contributed by atoms with Crippen LogP contribution in [0.25, 0.3) is 0 Å². The molecule has 0 saturated carbocycles. The number of aromatic nitrogens is 1. The first-order valence-electron chi connectivity index (χ1n) is 3.29. The van der Waals surface area contributed by atoms with E-state index in [1.807, 2.05) is 6.20 Å². The third-order valence-corrected chi connectivity index (χ3v) is 1.21. The Labute approximate surface area is 75.3 Å². The van der Waals surface area contributed by atoms with Crippen LogP contribution >= 0.6 is 0 Å². The molecule has 0 aliphatic heterocycles. The molecule has 0 spiro atoms. The fraction of sp³-hybridized carbons (Fsp3) is 0.286. The van der Waals surface area contributed by atoms with E-state index >= 15 is 0 Å². The SMILES string of the molecule is FC(F)Oc1[c]ncc(C(F)(F)F)c1. The summed E-state index contributed by atoms with van der Waals surface area (Å²) in [5.41, 5.74) is -1.16. The minimum Gasteiger partial charge on any atom is -0.432 e. The van der Waals surface area contributed by atoms with Crippen molar-refractivity contribution >= 4 is 0 Å². The first-order chi connectivity index (χ1) is 6.39. The maximum absolute atomic E-state index is 12.0. The first kappa shape index (κ1) is 10.7. The Morgan fingerprint density at radius 1 is 1.36 bits per heavy atom.